The van der Waals surface area contributed by atoms with Crippen molar-refractivity contribution in [1.82, 2.24) is 13.8 Å². The Balaban J connectivity index is 2.36. The van der Waals surface area contributed by atoms with Crippen LogP contribution in [0.25, 0.3) is 0 Å². The number of carbonyl (C=O) groups is 2. The summed E-state index contributed by atoms with van der Waals surface area (Å²) < 4.78 is 26.9. The number of hydrogen-bond donors (Lipinski definition) is 1. The summed E-state index contributed by atoms with van der Waals surface area (Å²) in [6.45, 7) is 2.31. The van der Waals surface area contributed by atoms with E-state index >= 15 is 0 Å². The summed E-state index contributed by atoms with van der Waals surface area (Å²) in [7, 11) is 0.744. The van der Waals surface area contributed by atoms with Crippen molar-refractivity contribution in [3.05, 3.63) is 18.0 Å². The fraction of sp³-hybridized carbons (Fsp3) is 0.600. The van der Waals surface area contributed by atoms with E-state index in [-0.39, 0.29) is 16.5 Å². The number of carboxylic acid groups (broad SMARTS) is 1. The molecule has 1 fully saturated rings. The zero-order valence-corrected chi connectivity index (χ0v) is 15.1. The summed E-state index contributed by atoms with van der Waals surface area (Å²) in [5.74, 6) is -1.27. The number of carboxylic acids is 1. The normalized spacial score (nSPS) is 22.0. The van der Waals surface area contributed by atoms with E-state index in [0.29, 0.717) is 13.0 Å². The van der Waals surface area contributed by atoms with Gasteiger partial charge in [0.15, 0.2) is 0 Å². The molecule has 1 amide bonds. The maximum atomic E-state index is 12.8. The first-order valence-corrected chi connectivity index (χ1v) is 9.12. The number of carbonyl (C=O) groups excluding carboxylic acids is 1. The van der Waals surface area contributed by atoms with Crippen LogP contribution in [0.2, 0.25) is 0 Å². The minimum absolute atomic E-state index is 0.00982. The summed E-state index contributed by atoms with van der Waals surface area (Å²) in [5.41, 5.74) is 0.163. The maximum Gasteiger partial charge on any atom is 0.326 e. The van der Waals surface area contributed by atoms with Gasteiger partial charge in [0.05, 0.1) is 0 Å². The molecule has 8 nitrogen and oxygen atoms in total. The molecule has 1 aliphatic heterocycles. The predicted octanol–water partition coefficient (Wildman–Crippen LogP) is 0.601. The van der Waals surface area contributed by atoms with Gasteiger partial charge < -0.3 is 14.6 Å². The summed E-state index contributed by atoms with van der Waals surface area (Å²) in [6, 6.07) is 0.416. The average molecular weight is 357 g/mol. The molecule has 2 unspecified atom stereocenters. The highest BCUT2D eigenvalue weighted by molar-refractivity contribution is 7.89. The van der Waals surface area contributed by atoms with Crippen molar-refractivity contribution < 1.29 is 23.1 Å². The van der Waals surface area contributed by atoms with Crippen LogP contribution < -0.4 is 0 Å². The van der Waals surface area contributed by atoms with Gasteiger partial charge in [-0.05, 0) is 24.8 Å². The second-order valence-electron chi connectivity index (χ2n) is 6.44. The lowest BCUT2D eigenvalue weighted by atomic mass is 9.92. The Kier molecular flexibility index (Phi) is 5.05. The molecule has 1 aromatic rings. The lowest BCUT2D eigenvalue weighted by molar-refractivity contribution is -0.144. The van der Waals surface area contributed by atoms with Crippen LogP contribution in [0.15, 0.2) is 17.2 Å². The molecule has 1 saturated heterocycles. The Labute approximate surface area is 141 Å². The van der Waals surface area contributed by atoms with Crippen molar-refractivity contribution in [2.45, 2.75) is 30.7 Å². The van der Waals surface area contributed by atoms with Crippen LogP contribution in [0.1, 0.15) is 30.3 Å². The van der Waals surface area contributed by atoms with Crippen LogP contribution >= 0.6 is 0 Å². The number of aromatic nitrogens is 1. The minimum Gasteiger partial charge on any atom is -0.480 e. The Morgan fingerprint density at radius 1 is 1.33 bits per heavy atom. The molecule has 24 heavy (non-hydrogen) atoms. The van der Waals surface area contributed by atoms with Crippen LogP contribution in [0, 0.1) is 5.92 Å². The number of sulfonamides is 1. The first-order chi connectivity index (χ1) is 11.1. The highest BCUT2D eigenvalue weighted by Crippen LogP contribution is 2.26. The SMILES string of the molecule is CC1CCN(C(=O)c2cc(S(=O)(=O)N(C)C)cn2C)C(C(=O)O)C1. The van der Waals surface area contributed by atoms with Gasteiger partial charge >= 0.3 is 5.97 Å². The zero-order chi connectivity index (χ0) is 18.2. The highest BCUT2D eigenvalue weighted by Gasteiger charge is 2.36. The van der Waals surface area contributed by atoms with Crippen LogP contribution in [-0.2, 0) is 21.9 Å². The fourth-order valence-electron chi connectivity index (χ4n) is 2.86. The first-order valence-electron chi connectivity index (χ1n) is 7.68. The van der Waals surface area contributed by atoms with E-state index in [2.05, 4.69) is 0 Å². The quantitative estimate of drug-likeness (QED) is 0.851. The van der Waals surface area contributed by atoms with Crippen molar-refractivity contribution in [3.63, 3.8) is 0 Å². The number of rotatable bonds is 4. The molecule has 0 aliphatic carbocycles. The molecule has 0 bridgehead atoms. The third-order valence-electron chi connectivity index (χ3n) is 4.39. The van der Waals surface area contributed by atoms with Crippen molar-refractivity contribution in [2.75, 3.05) is 20.6 Å². The fourth-order valence-corrected chi connectivity index (χ4v) is 3.84. The van der Waals surface area contributed by atoms with Gasteiger partial charge in [-0.3, -0.25) is 4.79 Å². The lowest BCUT2D eigenvalue weighted by Gasteiger charge is -2.36. The molecular weight excluding hydrogens is 334 g/mol. The number of aryl methyl sites for hydroxylation is 1. The van der Waals surface area contributed by atoms with Crippen molar-refractivity contribution in [2.24, 2.45) is 13.0 Å². The van der Waals surface area contributed by atoms with Crippen LogP contribution in [0.4, 0.5) is 0 Å². The van der Waals surface area contributed by atoms with Crippen LogP contribution in [-0.4, -0.2) is 65.9 Å². The lowest BCUT2D eigenvalue weighted by Crippen LogP contribution is -2.50. The molecule has 2 atom stereocenters. The van der Waals surface area contributed by atoms with Gasteiger partial charge in [-0.1, -0.05) is 6.92 Å². The molecule has 134 valence electrons. The van der Waals surface area contributed by atoms with Gasteiger partial charge in [0.2, 0.25) is 10.0 Å². The molecule has 2 rings (SSSR count). The molecule has 9 heteroatoms. The first kappa shape index (κ1) is 18.5. The third kappa shape index (κ3) is 3.32. The number of aliphatic carboxylic acids is 1. The van der Waals surface area contributed by atoms with Gasteiger partial charge in [-0.15, -0.1) is 0 Å². The number of nitrogens with zero attached hydrogens (tertiary/aromatic N) is 3. The topological polar surface area (TPSA) is 99.9 Å². The summed E-state index contributed by atoms with van der Waals surface area (Å²) in [4.78, 5) is 25.6. The van der Waals surface area contributed by atoms with E-state index < -0.39 is 27.9 Å². The van der Waals surface area contributed by atoms with Gasteiger partial charge in [0.1, 0.15) is 16.6 Å². The summed E-state index contributed by atoms with van der Waals surface area (Å²) in [6.07, 6.45) is 2.49. The Morgan fingerprint density at radius 3 is 2.50 bits per heavy atom. The molecule has 0 aromatic carbocycles. The molecule has 1 aliphatic rings. The second kappa shape index (κ2) is 6.56. The molecular formula is C15H23N3O5S. The van der Waals surface area contributed by atoms with E-state index in [0.717, 1.165) is 10.7 Å². The minimum atomic E-state index is -3.66. The van der Waals surface area contributed by atoms with Gasteiger partial charge in [0, 0.05) is 33.9 Å². The van der Waals surface area contributed by atoms with E-state index in [9.17, 15) is 23.1 Å². The second-order valence-corrected chi connectivity index (χ2v) is 8.59. The molecule has 2 heterocycles. The average Bonchev–Trinajstić information content (AvgIpc) is 2.88. The van der Waals surface area contributed by atoms with Crippen LogP contribution in [0.5, 0.6) is 0 Å². The Morgan fingerprint density at radius 2 is 1.96 bits per heavy atom. The van der Waals surface area contributed by atoms with Gasteiger partial charge in [-0.2, -0.15) is 0 Å². The van der Waals surface area contributed by atoms with Gasteiger partial charge in [-0.25, -0.2) is 17.5 Å². The number of amides is 1. The predicted molar refractivity (Wildman–Crippen MR) is 87.1 cm³/mol. The van der Waals surface area contributed by atoms with Crippen molar-refractivity contribution >= 4 is 21.9 Å². The zero-order valence-electron chi connectivity index (χ0n) is 14.3. The van der Waals surface area contributed by atoms with Crippen molar-refractivity contribution in [3.8, 4) is 0 Å². The molecule has 0 saturated carbocycles. The van der Waals surface area contributed by atoms with E-state index in [4.69, 9.17) is 0 Å². The number of hydrogen-bond acceptors (Lipinski definition) is 4. The smallest absolute Gasteiger partial charge is 0.326 e. The van der Waals surface area contributed by atoms with E-state index in [1.165, 1.54) is 35.8 Å². The number of piperidine rings is 1. The standard InChI is InChI=1S/C15H23N3O5S/c1-10-5-6-18(13(7-10)15(20)21)14(19)12-8-11(9-17(12)4)24(22,23)16(2)3/h8-10,13H,5-7H2,1-4H3,(H,20,21). The summed E-state index contributed by atoms with van der Waals surface area (Å²) >= 11 is 0. The Bertz CT molecular complexity index is 753. The van der Waals surface area contributed by atoms with Gasteiger partial charge in [0.25, 0.3) is 5.91 Å². The monoisotopic (exact) mass is 357 g/mol. The molecule has 1 N–H and O–H groups in total. The number of likely N-dealkylation sites (tertiary alicyclic amines) is 1. The highest BCUT2D eigenvalue weighted by atomic mass is 32.2. The molecule has 0 radical (unpaired) electrons. The van der Waals surface area contributed by atoms with Crippen LogP contribution in [0.3, 0.4) is 0 Å². The summed E-state index contributed by atoms with van der Waals surface area (Å²) in [5, 5.41) is 9.40. The third-order valence-corrected chi connectivity index (χ3v) is 6.17. The van der Waals surface area contributed by atoms with E-state index in [1.54, 1.807) is 7.05 Å². The van der Waals surface area contributed by atoms with E-state index in [1.807, 2.05) is 6.92 Å². The maximum absolute atomic E-state index is 12.8. The Hall–Kier alpha value is -1.87. The molecule has 1 aromatic heterocycles. The molecule has 0 spiro atoms. The van der Waals surface area contributed by atoms with Crippen molar-refractivity contribution in [1.29, 1.82) is 0 Å². The largest absolute Gasteiger partial charge is 0.480 e.